The average molecular weight is 324 g/mol. The van der Waals surface area contributed by atoms with E-state index in [-0.39, 0.29) is 16.0 Å². The van der Waals surface area contributed by atoms with Crippen LogP contribution in [-0.4, -0.2) is 20.9 Å². The fraction of sp³-hybridized carbons (Fsp3) is 0.611. The van der Waals surface area contributed by atoms with Crippen LogP contribution in [0.25, 0.3) is 0 Å². The van der Waals surface area contributed by atoms with Crippen LogP contribution in [0.4, 0.5) is 4.11 Å². The number of hydrogen-bond donors (Lipinski definition) is 1. The summed E-state index contributed by atoms with van der Waals surface area (Å²) in [5.41, 5.74) is 0.982. The summed E-state index contributed by atoms with van der Waals surface area (Å²) >= 11 is 0. The third kappa shape index (κ3) is 4.67. The first-order chi connectivity index (χ1) is 9.97. The normalized spacial score (nSPS) is 13.0. The molecule has 0 fully saturated rings. The lowest BCUT2D eigenvalue weighted by molar-refractivity contribution is -0.120. The Labute approximate surface area is 135 Å². The van der Waals surface area contributed by atoms with E-state index in [0.29, 0.717) is 19.0 Å². The second-order valence-electron chi connectivity index (χ2n) is 8.06. The summed E-state index contributed by atoms with van der Waals surface area (Å²) < 4.78 is 15.7. The van der Waals surface area contributed by atoms with Crippen LogP contribution in [0.2, 0.25) is 16.1 Å². The highest BCUT2D eigenvalue weighted by molar-refractivity contribution is 6.78. The maximum absolute atomic E-state index is 15.7. The molecule has 22 heavy (non-hydrogen) atoms. The predicted molar refractivity (Wildman–Crippen MR) is 94.3 cm³/mol. The third-order valence-corrected chi connectivity index (χ3v) is 10.1. The van der Waals surface area contributed by atoms with Crippen molar-refractivity contribution in [2.75, 3.05) is 6.54 Å². The van der Waals surface area contributed by atoms with Gasteiger partial charge in [0.25, 0.3) is 8.41 Å². The Balaban J connectivity index is 2.59. The van der Waals surface area contributed by atoms with Crippen LogP contribution in [0.5, 0.6) is 0 Å². The van der Waals surface area contributed by atoms with Crippen LogP contribution in [0.1, 0.15) is 47.1 Å². The van der Waals surface area contributed by atoms with Crippen molar-refractivity contribution < 1.29 is 8.90 Å². The molecule has 1 aromatic carbocycles. The summed E-state index contributed by atoms with van der Waals surface area (Å²) in [6.45, 7) is 12.3. The summed E-state index contributed by atoms with van der Waals surface area (Å²) in [5.74, 6) is -0.0367. The zero-order valence-electron chi connectivity index (χ0n) is 14.8. The lowest BCUT2D eigenvalue weighted by Crippen LogP contribution is -2.49. The Bertz CT molecular complexity index is 474. The fourth-order valence-corrected chi connectivity index (χ4v) is 7.31. The summed E-state index contributed by atoms with van der Waals surface area (Å²) in [6, 6.07) is 10.1. The second kappa shape index (κ2) is 6.94. The molecule has 0 aliphatic rings. The fourth-order valence-electron chi connectivity index (χ4n) is 3.09. The predicted octanol–water partition coefficient (Wildman–Crippen LogP) is 4.86. The minimum absolute atomic E-state index is 0.0367. The van der Waals surface area contributed by atoms with Gasteiger partial charge in [0, 0.05) is 6.54 Å². The Kier molecular flexibility index (Phi) is 5.96. The first-order valence-corrected chi connectivity index (χ1v) is 10.1. The van der Waals surface area contributed by atoms with Gasteiger partial charge in [0.2, 0.25) is 5.91 Å². The SMILES string of the molecule is CC(C)(C)[Si](F)(CCNC(=O)Cc1ccccc1)C(C)(C)C. The molecular formula is C18H30FNOSi. The van der Waals surface area contributed by atoms with Gasteiger partial charge in [-0.25, -0.2) is 0 Å². The summed E-state index contributed by atoms with van der Waals surface area (Å²) in [4.78, 5) is 12.0. The molecule has 0 saturated heterocycles. The first kappa shape index (κ1) is 18.9. The number of halogens is 1. The van der Waals surface area contributed by atoms with Crippen molar-refractivity contribution in [3.05, 3.63) is 35.9 Å². The van der Waals surface area contributed by atoms with Crippen molar-refractivity contribution in [2.45, 2.75) is 64.1 Å². The topological polar surface area (TPSA) is 29.1 Å². The van der Waals surface area contributed by atoms with Crippen LogP contribution >= 0.6 is 0 Å². The maximum Gasteiger partial charge on any atom is 0.259 e. The van der Waals surface area contributed by atoms with Gasteiger partial charge < -0.3 is 9.42 Å². The number of hydrogen-bond acceptors (Lipinski definition) is 1. The van der Waals surface area contributed by atoms with Gasteiger partial charge in [-0.1, -0.05) is 71.9 Å². The molecule has 2 nitrogen and oxygen atoms in total. The van der Waals surface area contributed by atoms with E-state index >= 15 is 4.11 Å². The van der Waals surface area contributed by atoms with Gasteiger partial charge in [-0.2, -0.15) is 0 Å². The van der Waals surface area contributed by atoms with Crippen LogP contribution < -0.4 is 5.32 Å². The highest BCUT2D eigenvalue weighted by Gasteiger charge is 2.54. The molecule has 1 amide bonds. The molecule has 0 heterocycles. The number of amides is 1. The monoisotopic (exact) mass is 323 g/mol. The van der Waals surface area contributed by atoms with Gasteiger partial charge in [-0.3, -0.25) is 4.79 Å². The maximum atomic E-state index is 15.7. The van der Waals surface area contributed by atoms with Gasteiger partial charge >= 0.3 is 0 Å². The van der Waals surface area contributed by atoms with Crippen LogP contribution in [0.3, 0.4) is 0 Å². The second-order valence-corrected chi connectivity index (χ2v) is 13.2. The molecule has 1 N–H and O–H groups in total. The molecule has 4 heteroatoms. The molecule has 1 rings (SSSR count). The van der Waals surface area contributed by atoms with Gasteiger partial charge in [0.15, 0.2) is 0 Å². The molecule has 0 radical (unpaired) electrons. The Morgan fingerprint density at radius 2 is 1.55 bits per heavy atom. The zero-order chi connectivity index (χ0) is 17.0. The Morgan fingerprint density at radius 1 is 1.05 bits per heavy atom. The average Bonchev–Trinajstić information content (AvgIpc) is 2.37. The Morgan fingerprint density at radius 3 is 2.00 bits per heavy atom. The van der Waals surface area contributed by atoms with Gasteiger partial charge in [-0.05, 0) is 21.7 Å². The largest absolute Gasteiger partial charge is 0.356 e. The van der Waals surface area contributed by atoms with E-state index in [4.69, 9.17) is 0 Å². The quantitative estimate of drug-likeness (QED) is 0.608. The van der Waals surface area contributed by atoms with Crippen molar-refractivity contribution in [3.63, 3.8) is 0 Å². The summed E-state index contributed by atoms with van der Waals surface area (Å²) in [7, 11) is -3.03. The van der Waals surface area contributed by atoms with E-state index in [1.165, 1.54) is 0 Å². The molecule has 0 atom stereocenters. The number of benzene rings is 1. The molecular weight excluding hydrogens is 293 g/mol. The standard InChI is InChI=1S/C18H30FNOSi/c1-17(2,3)22(19,18(4,5)6)13-12-20-16(21)14-15-10-8-7-9-11-15/h7-11H,12-14H2,1-6H3,(H,20,21). The minimum Gasteiger partial charge on any atom is -0.356 e. The van der Waals surface area contributed by atoms with E-state index in [0.717, 1.165) is 5.56 Å². The van der Waals surface area contributed by atoms with E-state index in [2.05, 4.69) is 5.32 Å². The molecule has 0 saturated carbocycles. The Hall–Kier alpha value is -1.16. The van der Waals surface area contributed by atoms with Gasteiger partial charge in [0.05, 0.1) is 6.42 Å². The number of carbonyl (C=O) groups excluding carboxylic acids is 1. The molecule has 1 aromatic rings. The van der Waals surface area contributed by atoms with Gasteiger partial charge in [-0.15, -0.1) is 0 Å². The number of nitrogens with one attached hydrogen (secondary N) is 1. The molecule has 0 aliphatic heterocycles. The molecule has 0 spiro atoms. The minimum atomic E-state index is -3.03. The summed E-state index contributed by atoms with van der Waals surface area (Å²) in [6.07, 6.45) is 0.354. The van der Waals surface area contributed by atoms with E-state index in [1.54, 1.807) is 0 Å². The molecule has 124 valence electrons. The summed E-state index contributed by atoms with van der Waals surface area (Å²) in [5, 5.41) is 2.21. The number of carbonyl (C=O) groups is 1. The highest BCUT2D eigenvalue weighted by Crippen LogP contribution is 2.53. The van der Waals surface area contributed by atoms with Crippen molar-refractivity contribution in [3.8, 4) is 0 Å². The first-order valence-electron chi connectivity index (χ1n) is 7.97. The highest BCUT2D eigenvalue weighted by atomic mass is 28.4. The van der Waals surface area contributed by atoms with Crippen molar-refractivity contribution in [1.29, 1.82) is 0 Å². The van der Waals surface area contributed by atoms with Gasteiger partial charge in [0.1, 0.15) is 0 Å². The van der Waals surface area contributed by atoms with Crippen LogP contribution in [0.15, 0.2) is 30.3 Å². The smallest absolute Gasteiger partial charge is 0.259 e. The molecule has 0 unspecified atom stereocenters. The van der Waals surface area contributed by atoms with Crippen LogP contribution in [-0.2, 0) is 11.2 Å². The lowest BCUT2D eigenvalue weighted by atomic mass is 10.1. The molecule has 0 aromatic heterocycles. The van der Waals surface area contributed by atoms with Crippen molar-refractivity contribution in [1.82, 2.24) is 5.32 Å². The van der Waals surface area contributed by atoms with Crippen molar-refractivity contribution >= 4 is 14.3 Å². The lowest BCUT2D eigenvalue weighted by Gasteiger charge is -2.44. The molecule has 0 bridgehead atoms. The third-order valence-electron chi connectivity index (χ3n) is 4.38. The van der Waals surface area contributed by atoms with E-state index < -0.39 is 8.41 Å². The van der Waals surface area contributed by atoms with E-state index in [9.17, 15) is 4.79 Å². The van der Waals surface area contributed by atoms with E-state index in [1.807, 2.05) is 71.9 Å². The zero-order valence-corrected chi connectivity index (χ0v) is 15.8. The molecule has 0 aliphatic carbocycles. The van der Waals surface area contributed by atoms with Crippen molar-refractivity contribution in [2.24, 2.45) is 0 Å². The van der Waals surface area contributed by atoms with Crippen LogP contribution in [0, 0.1) is 0 Å². The number of rotatable bonds is 5.